The normalized spacial score (nSPS) is 15.9. The molecule has 0 amide bonds. The minimum atomic E-state index is 0.0214. The summed E-state index contributed by atoms with van der Waals surface area (Å²) in [5.74, 6) is 1.54. The van der Waals surface area contributed by atoms with Crippen molar-refractivity contribution in [1.82, 2.24) is 15.0 Å². The van der Waals surface area contributed by atoms with E-state index in [4.69, 9.17) is 10.5 Å². The summed E-state index contributed by atoms with van der Waals surface area (Å²) < 4.78 is 5.43. The lowest BCUT2D eigenvalue weighted by molar-refractivity contribution is 0.222. The van der Waals surface area contributed by atoms with E-state index in [1.54, 1.807) is 0 Å². The van der Waals surface area contributed by atoms with E-state index in [1.807, 2.05) is 13.8 Å². The Hall–Kier alpha value is -1.59. The summed E-state index contributed by atoms with van der Waals surface area (Å²) in [5, 5.41) is 3.20. The van der Waals surface area contributed by atoms with Crippen LogP contribution in [0.15, 0.2) is 0 Å². The van der Waals surface area contributed by atoms with E-state index in [-0.39, 0.29) is 18.1 Å². The molecular weight excluding hydrogens is 242 g/mol. The molecule has 1 heterocycles. The second-order valence-electron chi connectivity index (χ2n) is 5.33. The van der Waals surface area contributed by atoms with Gasteiger partial charge in [0.1, 0.15) is 0 Å². The van der Waals surface area contributed by atoms with Gasteiger partial charge in [0.25, 0.3) is 0 Å². The molecule has 1 saturated carbocycles. The molecule has 19 heavy (non-hydrogen) atoms. The first-order valence-electron chi connectivity index (χ1n) is 7.05. The van der Waals surface area contributed by atoms with E-state index in [9.17, 15) is 0 Å². The van der Waals surface area contributed by atoms with Crippen molar-refractivity contribution in [2.45, 2.75) is 52.1 Å². The standard InChI is InChI=1S/C13H23N5O/c1-9(2)19-13-17-11(14)16-12(18-13)15-8-7-10-5-3-4-6-10/h9-10H,3-8H2,1-2H3,(H3,14,15,16,17,18). The van der Waals surface area contributed by atoms with Crippen LogP contribution in [0.4, 0.5) is 11.9 Å². The second-order valence-corrected chi connectivity index (χ2v) is 5.33. The Labute approximate surface area is 114 Å². The minimum absolute atomic E-state index is 0.0214. The highest BCUT2D eigenvalue weighted by Crippen LogP contribution is 2.27. The molecule has 1 aromatic rings. The van der Waals surface area contributed by atoms with Crippen molar-refractivity contribution in [3.05, 3.63) is 0 Å². The molecule has 0 bridgehead atoms. The second kappa shape index (κ2) is 6.54. The van der Waals surface area contributed by atoms with Gasteiger partial charge in [0.05, 0.1) is 6.10 Å². The fourth-order valence-electron chi connectivity index (χ4n) is 2.40. The van der Waals surface area contributed by atoms with Gasteiger partial charge in [-0.15, -0.1) is 0 Å². The Morgan fingerprint density at radius 2 is 2.00 bits per heavy atom. The van der Waals surface area contributed by atoms with Gasteiger partial charge in [0, 0.05) is 6.54 Å². The largest absolute Gasteiger partial charge is 0.461 e. The van der Waals surface area contributed by atoms with Crippen molar-refractivity contribution < 1.29 is 4.74 Å². The van der Waals surface area contributed by atoms with Crippen molar-refractivity contribution in [2.24, 2.45) is 5.92 Å². The molecule has 1 fully saturated rings. The predicted octanol–water partition coefficient (Wildman–Crippen LogP) is 2.23. The van der Waals surface area contributed by atoms with E-state index in [0.717, 1.165) is 18.9 Å². The molecule has 0 aliphatic heterocycles. The maximum atomic E-state index is 5.65. The van der Waals surface area contributed by atoms with Crippen molar-refractivity contribution in [2.75, 3.05) is 17.6 Å². The summed E-state index contributed by atoms with van der Waals surface area (Å²) in [7, 11) is 0. The molecule has 106 valence electrons. The zero-order valence-corrected chi connectivity index (χ0v) is 11.7. The first-order valence-corrected chi connectivity index (χ1v) is 7.05. The summed E-state index contributed by atoms with van der Waals surface area (Å²) >= 11 is 0. The zero-order valence-electron chi connectivity index (χ0n) is 11.7. The number of hydrogen-bond acceptors (Lipinski definition) is 6. The first kappa shape index (κ1) is 13.8. The number of nitrogens with one attached hydrogen (secondary N) is 1. The van der Waals surface area contributed by atoms with Crippen molar-refractivity contribution in [1.29, 1.82) is 0 Å². The van der Waals surface area contributed by atoms with Crippen LogP contribution in [0.2, 0.25) is 0 Å². The van der Waals surface area contributed by atoms with Crippen LogP contribution in [-0.2, 0) is 0 Å². The van der Waals surface area contributed by atoms with Crippen molar-refractivity contribution in [3.8, 4) is 6.01 Å². The third-order valence-electron chi connectivity index (χ3n) is 3.28. The number of anilines is 2. The molecule has 1 aliphatic carbocycles. The van der Waals surface area contributed by atoms with E-state index in [0.29, 0.717) is 5.95 Å². The van der Waals surface area contributed by atoms with Crippen LogP contribution in [-0.4, -0.2) is 27.6 Å². The van der Waals surface area contributed by atoms with Crippen LogP contribution < -0.4 is 15.8 Å². The number of rotatable bonds is 6. The third-order valence-corrected chi connectivity index (χ3v) is 3.28. The number of nitrogens with two attached hydrogens (primary N) is 1. The highest BCUT2D eigenvalue weighted by Gasteiger charge is 2.14. The molecule has 0 saturated heterocycles. The molecule has 6 heteroatoms. The zero-order chi connectivity index (χ0) is 13.7. The summed E-state index contributed by atoms with van der Waals surface area (Å²) in [4.78, 5) is 12.2. The van der Waals surface area contributed by atoms with Crippen molar-refractivity contribution in [3.63, 3.8) is 0 Å². The van der Waals surface area contributed by atoms with Gasteiger partial charge in [-0.25, -0.2) is 0 Å². The van der Waals surface area contributed by atoms with Gasteiger partial charge in [-0.2, -0.15) is 15.0 Å². The monoisotopic (exact) mass is 265 g/mol. The molecule has 0 radical (unpaired) electrons. The molecule has 0 unspecified atom stereocenters. The average Bonchev–Trinajstić information content (AvgIpc) is 2.80. The Morgan fingerprint density at radius 3 is 2.68 bits per heavy atom. The molecule has 6 nitrogen and oxygen atoms in total. The van der Waals surface area contributed by atoms with Crippen LogP contribution in [0.3, 0.4) is 0 Å². The van der Waals surface area contributed by atoms with Gasteiger partial charge in [0.15, 0.2) is 0 Å². The topological polar surface area (TPSA) is 86.0 Å². The van der Waals surface area contributed by atoms with E-state index < -0.39 is 0 Å². The van der Waals surface area contributed by atoms with Gasteiger partial charge in [-0.1, -0.05) is 25.7 Å². The fraction of sp³-hybridized carbons (Fsp3) is 0.769. The third kappa shape index (κ3) is 4.54. The first-order chi connectivity index (χ1) is 9.13. The molecule has 1 aliphatic rings. The SMILES string of the molecule is CC(C)Oc1nc(N)nc(NCCC2CCCC2)n1. The molecular formula is C13H23N5O. The molecule has 1 aromatic heterocycles. The quantitative estimate of drug-likeness (QED) is 0.820. The maximum absolute atomic E-state index is 5.65. The Morgan fingerprint density at radius 1 is 1.26 bits per heavy atom. The minimum Gasteiger partial charge on any atom is -0.461 e. The number of nitrogen functional groups attached to an aromatic ring is 1. The number of aromatic nitrogens is 3. The fourth-order valence-corrected chi connectivity index (χ4v) is 2.40. The smallest absolute Gasteiger partial charge is 0.323 e. The lowest BCUT2D eigenvalue weighted by atomic mass is 10.0. The molecule has 3 N–H and O–H groups in total. The van der Waals surface area contributed by atoms with Crippen molar-refractivity contribution >= 4 is 11.9 Å². The summed E-state index contributed by atoms with van der Waals surface area (Å²) in [6, 6.07) is 0.283. The highest BCUT2D eigenvalue weighted by molar-refractivity contribution is 5.32. The van der Waals surface area contributed by atoms with E-state index in [2.05, 4.69) is 20.3 Å². The average molecular weight is 265 g/mol. The lowest BCUT2D eigenvalue weighted by Gasteiger charge is -2.11. The Kier molecular flexibility index (Phi) is 4.76. The maximum Gasteiger partial charge on any atom is 0.323 e. The van der Waals surface area contributed by atoms with Crippen LogP contribution in [0.25, 0.3) is 0 Å². The molecule has 0 spiro atoms. The molecule has 0 aromatic carbocycles. The summed E-state index contributed by atoms with van der Waals surface area (Å²) in [6.45, 7) is 4.72. The van der Waals surface area contributed by atoms with Crippen LogP contribution in [0.5, 0.6) is 6.01 Å². The number of ether oxygens (including phenoxy) is 1. The van der Waals surface area contributed by atoms with Gasteiger partial charge >= 0.3 is 6.01 Å². The highest BCUT2D eigenvalue weighted by atomic mass is 16.5. The van der Waals surface area contributed by atoms with Crippen LogP contribution >= 0.6 is 0 Å². The Balaban J connectivity index is 1.86. The number of nitrogens with zero attached hydrogens (tertiary/aromatic N) is 3. The van der Waals surface area contributed by atoms with Gasteiger partial charge < -0.3 is 15.8 Å². The van der Waals surface area contributed by atoms with Gasteiger partial charge in [0.2, 0.25) is 11.9 Å². The Bertz CT molecular complexity index is 404. The summed E-state index contributed by atoms with van der Waals surface area (Å²) in [5.41, 5.74) is 5.65. The predicted molar refractivity (Wildman–Crippen MR) is 75.1 cm³/mol. The summed E-state index contributed by atoms with van der Waals surface area (Å²) in [6.07, 6.45) is 6.62. The number of hydrogen-bond donors (Lipinski definition) is 2. The molecule has 2 rings (SSSR count). The lowest BCUT2D eigenvalue weighted by Crippen LogP contribution is -2.14. The van der Waals surface area contributed by atoms with Crippen LogP contribution in [0.1, 0.15) is 46.0 Å². The van der Waals surface area contributed by atoms with E-state index in [1.165, 1.54) is 25.7 Å². The molecule has 0 atom stereocenters. The van der Waals surface area contributed by atoms with E-state index >= 15 is 0 Å². The van der Waals surface area contributed by atoms with Gasteiger partial charge in [-0.05, 0) is 26.2 Å². The van der Waals surface area contributed by atoms with Gasteiger partial charge in [-0.3, -0.25) is 0 Å². The van der Waals surface area contributed by atoms with Crippen LogP contribution in [0, 0.1) is 5.92 Å².